The van der Waals surface area contributed by atoms with Gasteiger partial charge in [0.05, 0.1) is 31.4 Å². The zero-order valence-electron chi connectivity index (χ0n) is 49.3. The maximum absolute atomic E-state index is 15.0. The van der Waals surface area contributed by atoms with E-state index in [-0.39, 0.29) is 55.4 Å². The molecule has 4 aliphatic heterocycles. The van der Waals surface area contributed by atoms with Gasteiger partial charge in [0.15, 0.2) is 11.9 Å². The fraction of sp³-hybridized carbons (Fsp3) is 0.641. The number of nitrogens with zero attached hydrogens (tertiary/aromatic N) is 2. The van der Waals surface area contributed by atoms with E-state index in [1.54, 1.807) is 4.90 Å². The summed E-state index contributed by atoms with van der Waals surface area (Å²) in [5.74, 6) is -2.51. The molecule has 7 rings (SSSR count). The second kappa shape index (κ2) is 27.2. The third kappa shape index (κ3) is 15.7. The molecule has 0 aliphatic carbocycles. The number of benzene rings is 3. The standard InChI is InChI=1S/C64H94N6O9/c1-11-45-22-19-23-46(12-2)58(45)68-54(72)41-69(42-55(73)76-60(3,4)48-26-33-65-34-27-48)43-56(74)77-62(7,8)52-30-37-67-53(40-52)70-38-31-50(32-39-70)63(9,10)79-64(44-71,51-24-17-14-18-25-51)57(47-20-15-13-16-21-47)59(75)78-61(5,6)49-28-35-66-36-29-49/h13-25,44,48-50,52-53,57,65-67H,11-12,26-43H2,1-10H3,(H,68,72). The third-order valence-electron chi connectivity index (χ3n) is 18.0. The molecule has 4 saturated heterocycles. The van der Waals surface area contributed by atoms with Crippen LogP contribution in [0.15, 0.2) is 78.9 Å². The van der Waals surface area contributed by atoms with E-state index in [4.69, 9.17) is 18.9 Å². The number of nitrogens with one attached hydrogen (secondary N) is 4. The van der Waals surface area contributed by atoms with Gasteiger partial charge < -0.3 is 40.2 Å². The molecule has 0 spiro atoms. The molecule has 4 N–H and O–H groups in total. The molecule has 79 heavy (non-hydrogen) atoms. The summed E-state index contributed by atoms with van der Waals surface area (Å²) in [4.78, 5) is 74.8. The molecule has 15 heteroatoms. The van der Waals surface area contributed by atoms with E-state index in [1.807, 2.05) is 148 Å². The quantitative estimate of drug-likeness (QED) is 0.0381. The number of hydrogen-bond acceptors (Lipinski definition) is 14. The number of hydrogen-bond donors (Lipinski definition) is 4. The van der Waals surface area contributed by atoms with Crippen LogP contribution in [0.25, 0.3) is 0 Å². The van der Waals surface area contributed by atoms with Crippen LogP contribution in [0.3, 0.4) is 0 Å². The molecule has 434 valence electrons. The fourth-order valence-electron chi connectivity index (χ4n) is 13.1. The molecule has 0 bridgehead atoms. The summed E-state index contributed by atoms with van der Waals surface area (Å²) in [5, 5.41) is 13.7. The molecule has 4 atom stereocenters. The molecule has 15 nitrogen and oxygen atoms in total. The summed E-state index contributed by atoms with van der Waals surface area (Å²) in [5.41, 5.74) is -0.853. The van der Waals surface area contributed by atoms with Gasteiger partial charge in [0, 0.05) is 23.4 Å². The van der Waals surface area contributed by atoms with Crippen LogP contribution in [0.4, 0.5) is 5.69 Å². The Hall–Kier alpha value is -5.03. The van der Waals surface area contributed by atoms with Gasteiger partial charge in [0.1, 0.15) is 22.7 Å². The number of aryl methyl sites for hydroxylation is 2. The summed E-state index contributed by atoms with van der Waals surface area (Å²) in [6.07, 6.45) is 8.97. The van der Waals surface area contributed by atoms with Crippen molar-refractivity contribution in [2.24, 2.45) is 23.7 Å². The molecular weight excluding hydrogens is 997 g/mol. The van der Waals surface area contributed by atoms with Crippen molar-refractivity contribution < 1.29 is 42.9 Å². The van der Waals surface area contributed by atoms with E-state index in [0.717, 1.165) is 133 Å². The molecule has 1 amide bonds. The molecule has 0 aromatic heterocycles. The van der Waals surface area contributed by atoms with Gasteiger partial charge in [-0.05, 0) is 194 Å². The van der Waals surface area contributed by atoms with Crippen molar-refractivity contribution in [2.75, 3.05) is 70.8 Å². The molecule has 4 heterocycles. The van der Waals surface area contributed by atoms with Crippen LogP contribution in [0.2, 0.25) is 0 Å². The maximum atomic E-state index is 15.0. The Morgan fingerprint density at radius 3 is 1.61 bits per heavy atom. The lowest BCUT2D eigenvalue weighted by Gasteiger charge is -2.49. The van der Waals surface area contributed by atoms with Crippen molar-refractivity contribution in [3.63, 3.8) is 0 Å². The number of para-hydroxylation sites is 1. The highest BCUT2D eigenvalue weighted by molar-refractivity contribution is 5.94. The number of esters is 3. The lowest BCUT2D eigenvalue weighted by Crippen LogP contribution is -2.57. The Labute approximate surface area is 471 Å². The minimum Gasteiger partial charge on any atom is -0.459 e. The molecular formula is C64H94N6O9. The molecule has 4 aliphatic rings. The Kier molecular flexibility index (Phi) is 21.2. The number of aldehydes is 1. The first-order valence-electron chi connectivity index (χ1n) is 29.6. The van der Waals surface area contributed by atoms with Crippen LogP contribution >= 0.6 is 0 Å². The van der Waals surface area contributed by atoms with Gasteiger partial charge in [-0.1, -0.05) is 92.7 Å². The maximum Gasteiger partial charge on any atom is 0.320 e. The average molecular weight is 1090 g/mol. The highest BCUT2D eigenvalue weighted by Gasteiger charge is 2.54. The van der Waals surface area contributed by atoms with Gasteiger partial charge in [-0.3, -0.25) is 33.8 Å². The third-order valence-corrected chi connectivity index (χ3v) is 18.0. The summed E-state index contributed by atoms with van der Waals surface area (Å²) >= 11 is 0. The Balaban J connectivity index is 1.01. The predicted molar refractivity (Wildman–Crippen MR) is 309 cm³/mol. The van der Waals surface area contributed by atoms with E-state index in [9.17, 15) is 24.0 Å². The molecule has 3 aromatic rings. The first kappa shape index (κ1) is 61.6. The van der Waals surface area contributed by atoms with Gasteiger partial charge >= 0.3 is 17.9 Å². The van der Waals surface area contributed by atoms with Crippen LogP contribution in [-0.2, 0) is 61.4 Å². The van der Waals surface area contributed by atoms with Crippen LogP contribution in [0.1, 0.15) is 149 Å². The molecule has 0 radical (unpaired) electrons. The molecule has 0 saturated carbocycles. The van der Waals surface area contributed by atoms with Crippen LogP contribution in [0.5, 0.6) is 0 Å². The van der Waals surface area contributed by atoms with Crippen LogP contribution in [0, 0.1) is 23.7 Å². The van der Waals surface area contributed by atoms with Crippen LogP contribution < -0.4 is 21.3 Å². The summed E-state index contributed by atoms with van der Waals surface area (Å²) in [6, 6.07) is 24.8. The van der Waals surface area contributed by atoms with E-state index < -0.39 is 51.8 Å². The van der Waals surface area contributed by atoms with Gasteiger partial charge in [-0.2, -0.15) is 0 Å². The van der Waals surface area contributed by atoms with Crippen LogP contribution in [-0.4, -0.2) is 134 Å². The van der Waals surface area contributed by atoms with Crippen molar-refractivity contribution in [1.82, 2.24) is 25.8 Å². The topological polar surface area (TPSA) is 177 Å². The minimum atomic E-state index is -1.71. The molecule has 3 aromatic carbocycles. The Bertz CT molecular complexity index is 2460. The van der Waals surface area contributed by atoms with Crippen molar-refractivity contribution in [2.45, 2.75) is 174 Å². The Morgan fingerprint density at radius 2 is 1.09 bits per heavy atom. The zero-order chi connectivity index (χ0) is 57.0. The number of ether oxygens (including phenoxy) is 4. The monoisotopic (exact) mass is 1090 g/mol. The Morgan fingerprint density at radius 1 is 0.608 bits per heavy atom. The van der Waals surface area contributed by atoms with Crippen molar-refractivity contribution in [3.05, 3.63) is 101 Å². The average Bonchev–Trinajstić information content (AvgIpc) is 3.50. The second-order valence-corrected chi connectivity index (χ2v) is 24.9. The van der Waals surface area contributed by atoms with Crippen molar-refractivity contribution in [3.8, 4) is 0 Å². The zero-order valence-corrected chi connectivity index (χ0v) is 49.3. The SMILES string of the molecule is CCc1cccc(CC)c1NC(=O)CN(CC(=O)OC(C)(C)C1CCNCC1)CC(=O)OC(C)(C)C1CCNC(N2CCC(C(C)(C)OC(C=O)(c3ccccc3)C(C(=O)OC(C)(C)C3CCNCC3)c3ccccc3)CC2)C1. The smallest absolute Gasteiger partial charge is 0.320 e. The van der Waals surface area contributed by atoms with Gasteiger partial charge in [0.2, 0.25) is 5.91 Å². The highest BCUT2D eigenvalue weighted by Crippen LogP contribution is 2.47. The first-order valence-corrected chi connectivity index (χ1v) is 29.6. The lowest BCUT2D eigenvalue weighted by atomic mass is 9.75. The molecule has 4 unspecified atom stereocenters. The number of carbonyl (C=O) groups excluding carboxylic acids is 5. The number of likely N-dealkylation sites (tertiary alicyclic amines) is 1. The highest BCUT2D eigenvalue weighted by atomic mass is 16.6. The van der Waals surface area contributed by atoms with E-state index in [1.165, 1.54) is 0 Å². The predicted octanol–water partition coefficient (Wildman–Crippen LogP) is 8.73. The number of carbonyl (C=O) groups is 5. The molecule has 4 fully saturated rings. The largest absolute Gasteiger partial charge is 0.459 e. The number of rotatable bonds is 24. The number of piperidine rings is 4. The van der Waals surface area contributed by atoms with E-state index >= 15 is 0 Å². The summed E-state index contributed by atoms with van der Waals surface area (Å²) < 4.78 is 26.4. The normalized spacial score (nSPS) is 20.9. The van der Waals surface area contributed by atoms with Gasteiger partial charge in [-0.15, -0.1) is 0 Å². The fourth-order valence-corrected chi connectivity index (χ4v) is 13.1. The number of amides is 1. The van der Waals surface area contributed by atoms with E-state index in [2.05, 4.69) is 26.2 Å². The lowest BCUT2D eigenvalue weighted by molar-refractivity contribution is -0.201. The minimum absolute atomic E-state index is 0.0132. The summed E-state index contributed by atoms with van der Waals surface area (Å²) in [7, 11) is 0. The second-order valence-electron chi connectivity index (χ2n) is 24.9. The first-order chi connectivity index (χ1) is 37.6. The van der Waals surface area contributed by atoms with Gasteiger partial charge in [-0.25, -0.2) is 0 Å². The van der Waals surface area contributed by atoms with E-state index in [0.29, 0.717) is 11.1 Å². The number of anilines is 1. The van der Waals surface area contributed by atoms with Crippen molar-refractivity contribution >= 4 is 35.8 Å². The van der Waals surface area contributed by atoms with Crippen molar-refractivity contribution in [1.29, 1.82) is 0 Å². The summed E-state index contributed by atoms with van der Waals surface area (Å²) in [6.45, 7) is 24.9. The van der Waals surface area contributed by atoms with Gasteiger partial charge in [0.25, 0.3) is 0 Å².